The van der Waals surface area contributed by atoms with Crippen LogP contribution in [0.4, 0.5) is 5.82 Å². The van der Waals surface area contributed by atoms with Crippen molar-refractivity contribution >= 4 is 32.3 Å². The minimum Gasteiger partial charge on any atom is -0.497 e. The van der Waals surface area contributed by atoms with Gasteiger partial charge in [-0.25, -0.2) is 4.98 Å². The molecule has 1 aromatic carbocycles. The van der Waals surface area contributed by atoms with Crippen LogP contribution in [0.25, 0.3) is 15.2 Å². The van der Waals surface area contributed by atoms with Crippen molar-refractivity contribution < 1.29 is 4.74 Å². The summed E-state index contributed by atoms with van der Waals surface area (Å²) in [6.07, 6.45) is 3.43. The Hall–Kier alpha value is -2.59. The van der Waals surface area contributed by atoms with Crippen molar-refractivity contribution in [3.63, 3.8) is 0 Å². The largest absolute Gasteiger partial charge is 0.497 e. The fraction of sp³-hybridized carbons (Fsp3) is 0.353. The van der Waals surface area contributed by atoms with Crippen LogP contribution in [0.3, 0.4) is 0 Å². The summed E-state index contributed by atoms with van der Waals surface area (Å²) >= 11 is 1.52. The quantitative estimate of drug-likeness (QED) is 0.779. The van der Waals surface area contributed by atoms with Crippen molar-refractivity contribution in [3.8, 4) is 11.8 Å². The van der Waals surface area contributed by atoms with Gasteiger partial charge < -0.3 is 9.64 Å². The molecule has 0 atom stereocenters. The number of piperidine rings is 1. The number of ether oxygens (including phenoxy) is 1. The van der Waals surface area contributed by atoms with E-state index in [0.29, 0.717) is 11.4 Å². The minimum atomic E-state index is 0.208. The van der Waals surface area contributed by atoms with E-state index in [-0.39, 0.29) is 5.49 Å². The molecule has 4 rings (SSSR count). The van der Waals surface area contributed by atoms with Crippen LogP contribution in [-0.4, -0.2) is 29.6 Å². The topological polar surface area (TPSA) is 77.4 Å². The summed E-state index contributed by atoms with van der Waals surface area (Å²) in [5, 5.41) is 18.2. The Balaban J connectivity index is 2.00. The third-order valence-corrected chi connectivity index (χ3v) is 5.46. The second-order valence-electron chi connectivity index (χ2n) is 5.87. The number of hydrogen-bond acceptors (Lipinski definition) is 6. The van der Waals surface area contributed by atoms with Gasteiger partial charge in [0.15, 0.2) is 16.3 Å². The number of nitrogens with one attached hydrogen (secondary N) is 1. The smallest absolute Gasteiger partial charge is 0.198 e. The summed E-state index contributed by atoms with van der Waals surface area (Å²) in [4.78, 5) is 7.63. The van der Waals surface area contributed by atoms with Gasteiger partial charge in [0.2, 0.25) is 0 Å². The molecular weight excluding hydrogens is 322 g/mol. The second-order valence-corrected chi connectivity index (χ2v) is 6.88. The first kappa shape index (κ1) is 15.0. The van der Waals surface area contributed by atoms with Gasteiger partial charge in [-0.3, -0.25) is 9.81 Å². The Morgan fingerprint density at radius 1 is 1.29 bits per heavy atom. The standard InChI is InChI=1S/C17H17N5OS/c1-23-11-5-6-13-14(9-11)24-17-20-16(21-7-3-2-4-8-21)12(10-18)15(19)22(13)17/h5-6,9,19H,2-4,7-8H2,1H3. The first-order chi connectivity index (χ1) is 11.7. The first-order valence-electron chi connectivity index (χ1n) is 7.96. The number of thiazole rings is 1. The Labute approximate surface area is 143 Å². The summed E-state index contributed by atoms with van der Waals surface area (Å²) in [6, 6.07) is 7.93. The molecule has 3 aromatic rings. The highest BCUT2D eigenvalue weighted by Gasteiger charge is 2.20. The molecular formula is C17H17N5OS. The van der Waals surface area contributed by atoms with Gasteiger partial charge in [-0.2, -0.15) is 5.26 Å². The lowest BCUT2D eigenvalue weighted by atomic mass is 10.1. The molecule has 1 aliphatic heterocycles. The van der Waals surface area contributed by atoms with E-state index < -0.39 is 0 Å². The number of aromatic nitrogens is 2. The molecule has 1 N–H and O–H groups in total. The zero-order chi connectivity index (χ0) is 16.7. The van der Waals surface area contributed by atoms with Crippen molar-refractivity contribution in [1.29, 1.82) is 10.7 Å². The number of rotatable bonds is 2. The molecule has 24 heavy (non-hydrogen) atoms. The summed E-state index contributed by atoms with van der Waals surface area (Å²) in [5.74, 6) is 1.43. The van der Waals surface area contributed by atoms with Gasteiger partial charge in [-0.15, -0.1) is 0 Å². The highest BCUT2D eigenvalue weighted by atomic mass is 32.1. The summed E-state index contributed by atoms with van der Waals surface area (Å²) in [6.45, 7) is 1.80. The van der Waals surface area contributed by atoms with E-state index in [0.717, 1.165) is 46.9 Å². The summed E-state index contributed by atoms with van der Waals surface area (Å²) in [7, 11) is 1.64. The van der Waals surface area contributed by atoms with E-state index >= 15 is 0 Å². The van der Waals surface area contributed by atoms with Crippen LogP contribution in [0.1, 0.15) is 24.8 Å². The fourth-order valence-electron chi connectivity index (χ4n) is 3.23. The number of benzene rings is 1. The molecule has 0 radical (unpaired) electrons. The van der Waals surface area contributed by atoms with E-state index in [4.69, 9.17) is 15.1 Å². The molecule has 0 bridgehead atoms. The summed E-state index contributed by atoms with van der Waals surface area (Å²) < 4.78 is 8.03. The number of nitriles is 1. The van der Waals surface area contributed by atoms with Crippen LogP contribution in [0, 0.1) is 16.7 Å². The van der Waals surface area contributed by atoms with Gasteiger partial charge in [-0.1, -0.05) is 11.3 Å². The van der Waals surface area contributed by atoms with Crippen molar-refractivity contribution in [1.82, 2.24) is 9.38 Å². The van der Waals surface area contributed by atoms with Gasteiger partial charge in [-0.05, 0) is 37.5 Å². The molecule has 122 valence electrons. The number of fused-ring (bicyclic) bond motifs is 3. The lowest BCUT2D eigenvalue weighted by Gasteiger charge is -2.28. The zero-order valence-electron chi connectivity index (χ0n) is 13.4. The minimum absolute atomic E-state index is 0.208. The maximum atomic E-state index is 9.61. The maximum Gasteiger partial charge on any atom is 0.198 e. The molecule has 1 saturated heterocycles. The Bertz CT molecular complexity index is 1020. The molecule has 7 heteroatoms. The highest BCUT2D eigenvalue weighted by molar-refractivity contribution is 7.23. The maximum absolute atomic E-state index is 9.61. The van der Waals surface area contributed by atoms with Crippen molar-refractivity contribution in [2.45, 2.75) is 19.3 Å². The van der Waals surface area contributed by atoms with Crippen molar-refractivity contribution in [3.05, 3.63) is 29.3 Å². The van der Waals surface area contributed by atoms with Gasteiger partial charge in [0.25, 0.3) is 0 Å². The van der Waals surface area contributed by atoms with Gasteiger partial charge in [0, 0.05) is 13.1 Å². The predicted octanol–water partition coefficient (Wildman–Crippen LogP) is 2.90. The molecule has 0 saturated carbocycles. The fourth-order valence-corrected chi connectivity index (χ4v) is 4.27. The molecule has 0 unspecified atom stereocenters. The average molecular weight is 339 g/mol. The van der Waals surface area contributed by atoms with Gasteiger partial charge >= 0.3 is 0 Å². The second kappa shape index (κ2) is 5.80. The summed E-state index contributed by atoms with van der Waals surface area (Å²) in [5.41, 5.74) is 1.44. The molecule has 1 aliphatic rings. The Morgan fingerprint density at radius 3 is 2.79 bits per heavy atom. The van der Waals surface area contributed by atoms with E-state index in [2.05, 4.69) is 11.0 Å². The third kappa shape index (κ3) is 2.22. The normalized spacial score (nSPS) is 14.9. The number of hydrogen-bond donors (Lipinski definition) is 1. The van der Waals surface area contributed by atoms with Crippen molar-refractivity contribution in [2.24, 2.45) is 0 Å². The molecule has 0 aliphatic carbocycles. The van der Waals surface area contributed by atoms with E-state index in [1.54, 1.807) is 11.5 Å². The zero-order valence-corrected chi connectivity index (χ0v) is 14.2. The number of anilines is 1. The molecule has 6 nitrogen and oxygen atoms in total. The van der Waals surface area contributed by atoms with E-state index in [9.17, 15) is 5.26 Å². The number of methoxy groups -OCH3 is 1. The van der Waals surface area contributed by atoms with E-state index in [1.807, 2.05) is 18.2 Å². The van der Waals surface area contributed by atoms with Crippen LogP contribution in [0.2, 0.25) is 0 Å². The monoisotopic (exact) mass is 339 g/mol. The number of nitrogens with zero attached hydrogens (tertiary/aromatic N) is 4. The molecule has 1 fully saturated rings. The molecule has 0 amide bonds. The average Bonchev–Trinajstić information content (AvgIpc) is 2.99. The molecule has 0 spiro atoms. The highest BCUT2D eigenvalue weighted by Crippen LogP contribution is 2.30. The first-order valence-corrected chi connectivity index (χ1v) is 8.77. The lowest BCUT2D eigenvalue weighted by molar-refractivity contribution is 0.415. The predicted molar refractivity (Wildman–Crippen MR) is 93.8 cm³/mol. The van der Waals surface area contributed by atoms with Crippen LogP contribution >= 0.6 is 11.3 Å². The Kier molecular flexibility index (Phi) is 3.62. The lowest BCUT2D eigenvalue weighted by Crippen LogP contribution is -2.33. The van der Waals surface area contributed by atoms with E-state index in [1.165, 1.54) is 17.8 Å². The Morgan fingerprint density at radius 2 is 2.08 bits per heavy atom. The molecule has 3 heterocycles. The van der Waals surface area contributed by atoms with Crippen LogP contribution in [-0.2, 0) is 0 Å². The van der Waals surface area contributed by atoms with Crippen LogP contribution in [0.5, 0.6) is 5.75 Å². The van der Waals surface area contributed by atoms with Crippen molar-refractivity contribution in [2.75, 3.05) is 25.1 Å². The SMILES string of the molecule is COc1ccc2c(c1)sc1nc(N3CCCCC3)c(C#N)c(=N)n12. The molecule has 2 aromatic heterocycles. The third-order valence-electron chi connectivity index (χ3n) is 4.45. The van der Waals surface area contributed by atoms with Crippen LogP contribution < -0.4 is 15.1 Å². The van der Waals surface area contributed by atoms with Gasteiger partial charge in [0.05, 0.1) is 17.3 Å². The van der Waals surface area contributed by atoms with Gasteiger partial charge in [0.1, 0.15) is 17.4 Å². The van der Waals surface area contributed by atoms with Crippen LogP contribution in [0.15, 0.2) is 18.2 Å².